The number of aromatic nitrogens is 2. The van der Waals surface area contributed by atoms with Crippen LogP contribution >= 0.6 is 0 Å². The number of hydrogen-bond acceptors (Lipinski definition) is 4. The van der Waals surface area contributed by atoms with Crippen LogP contribution in [0.4, 0.5) is 0 Å². The molecule has 1 atom stereocenters. The molecule has 0 spiro atoms. The topological polar surface area (TPSA) is 73.4 Å². The molecule has 1 fully saturated rings. The lowest BCUT2D eigenvalue weighted by Crippen LogP contribution is -2.23. The number of carbonyl (C=O) groups is 1. The summed E-state index contributed by atoms with van der Waals surface area (Å²) in [7, 11) is 1.98. The zero-order valence-electron chi connectivity index (χ0n) is 16.8. The van der Waals surface area contributed by atoms with Crippen molar-refractivity contribution in [2.24, 2.45) is 12.8 Å². The van der Waals surface area contributed by atoms with E-state index in [1.165, 1.54) is 24.0 Å². The van der Waals surface area contributed by atoms with Crippen molar-refractivity contribution in [3.63, 3.8) is 0 Å². The van der Waals surface area contributed by atoms with Gasteiger partial charge in [0.15, 0.2) is 0 Å². The van der Waals surface area contributed by atoms with E-state index < -0.39 is 5.91 Å². The molecule has 6 nitrogen and oxygen atoms in total. The summed E-state index contributed by atoms with van der Waals surface area (Å²) >= 11 is 0. The van der Waals surface area contributed by atoms with Crippen LogP contribution in [0.15, 0.2) is 54.7 Å². The average Bonchev–Trinajstić information content (AvgIpc) is 3.29. The summed E-state index contributed by atoms with van der Waals surface area (Å²) in [6.45, 7) is 4.10. The molecule has 2 N–H and O–H groups in total. The number of aryl methyl sites for hydroxylation is 2. The Labute approximate surface area is 170 Å². The molecule has 2 heterocycles. The normalized spacial score (nSPS) is 16.8. The molecular formula is C23H26N4O2. The highest BCUT2D eigenvalue weighted by atomic mass is 16.5. The van der Waals surface area contributed by atoms with E-state index in [1.54, 1.807) is 24.3 Å². The highest BCUT2D eigenvalue weighted by molar-refractivity contribution is 5.92. The molecule has 1 aliphatic heterocycles. The van der Waals surface area contributed by atoms with Crippen molar-refractivity contribution in [3.8, 4) is 11.5 Å². The molecule has 29 heavy (non-hydrogen) atoms. The predicted molar refractivity (Wildman–Crippen MR) is 112 cm³/mol. The molecule has 1 saturated heterocycles. The molecule has 0 radical (unpaired) electrons. The van der Waals surface area contributed by atoms with Gasteiger partial charge in [-0.15, -0.1) is 0 Å². The molecule has 4 rings (SSSR count). The van der Waals surface area contributed by atoms with Crippen LogP contribution in [-0.2, 0) is 13.6 Å². The van der Waals surface area contributed by atoms with Crippen LogP contribution in [0, 0.1) is 6.92 Å². The van der Waals surface area contributed by atoms with E-state index in [0.29, 0.717) is 17.4 Å². The number of benzene rings is 2. The number of amides is 1. The van der Waals surface area contributed by atoms with Crippen LogP contribution in [0.25, 0.3) is 0 Å². The Morgan fingerprint density at radius 1 is 1.14 bits per heavy atom. The van der Waals surface area contributed by atoms with E-state index in [4.69, 9.17) is 10.5 Å². The molecule has 0 saturated carbocycles. The van der Waals surface area contributed by atoms with Crippen molar-refractivity contribution < 1.29 is 9.53 Å². The fourth-order valence-electron chi connectivity index (χ4n) is 4.03. The Balaban J connectivity index is 1.41. The monoisotopic (exact) mass is 390 g/mol. The van der Waals surface area contributed by atoms with E-state index in [0.717, 1.165) is 24.5 Å². The summed E-state index contributed by atoms with van der Waals surface area (Å²) in [5.74, 6) is 0.999. The van der Waals surface area contributed by atoms with Gasteiger partial charge in [-0.2, -0.15) is 5.10 Å². The first-order valence-corrected chi connectivity index (χ1v) is 9.90. The number of nitrogens with zero attached hydrogens (tertiary/aromatic N) is 3. The fourth-order valence-corrected chi connectivity index (χ4v) is 4.03. The lowest BCUT2D eigenvalue weighted by molar-refractivity contribution is 0.100. The minimum Gasteiger partial charge on any atom is -0.457 e. The summed E-state index contributed by atoms with van der Waals surface area (Å²) in [4.78, 5) is 13.7. The van der Waals surface area contributed by atoms with Gasteiger partial charge in [-0.25, -0.2) is 0 Å². The second-order valence-corrected chi connectivity index (χ2v) is 7.61. The zero-order valence-corrected chi connectivity index (χ0v) is 16.8. The van der Waals surface area contributed by atoms with Gasteiger partial charge in [-0.05, 0) is 68.3 Å². The van der Waals surface area contributed by atoms with Crippen molar-refractivity contribution in [2.75, 3.05) is 6.54 Å². The highest BCUT2D eigenvalue weighted by Crippen LogP contribution is 2.34. The number of hydrogen-bond donors (Lipinski definition) is 1. The van der Waals surface area contributed by atoms with Crippen LogP contribution in [0.5, 0.6) is 11.5 Å². The van der Waals surface area contributed by atoms with Crippen LogP contribution in [0.1, 0.15) is 46.1 Å². The van der Waals surface area contributed by atoms with Gasteiger partial charge < -0.3 is 10.5 Å². The number of nitrogens with two attached hydrogens (primary N) is 1. The third-order valence-electron chi connectivity index (χ3n) is 5.46. The lowest BCUT2D eigenvalue weighted by atomic mass is 10.1. The van der Waals surface area contributed by atoms with Crippen molar-refractivity contribution in [3.05, 3.63) is 77.1 Å². The van der Waals surface area contributed by atoms with Crippen LogP contribution < -0.4 is 10.5 Å². The van der Waals surface area contributed by atoms with Gasteiger partial charge in [0.2, 0.25) is 5.91 Å². The van der Waals surface area contributed by atoms with Gasteiger partial charge >= 0.3 is 0 Å². The van der Waals surface area contributed by atoms with Crippen molar-refractivity contribution >= 4 is 5.91 Å². The molecule has 0 aliphatic carbocycles. The maximum Gasteiger partial charge on any atom is 0.248 e. The van der Waals surface area contributed by atoms with E-state index >= 15 is 0 Å². The first kappa shape index (κ1) is 19.2. The van der Waals surface area contributed by atoms with Gasteiger partial charge in [-0.3, -0.25) is 14.4 Å². The maximum absolute atomic E-state index is 11.2. The van der Waals surface area contributed by atoms with Crippen molar-refractivity contribution in [2.45, 2.75) is 32.4 Å². The summed E-state index contributed by atoms with van der Waals surface area (Å²) < 4.78 is 7.78. The molecule has 150 valence electrons. The number of primary amides is 1. The van der Waals surface area contributed by atoms with E-state index in [1.807, 2.05) is 23.9 Å². The van der Waals surface area contributed by atoms with E-state index in [2.05, 4.69) is 35.3 Å². The Morgan fingerprint density at radius 3 is 2.38 bits per heavy atom. The second-order valence-electron chi connectivity index (χ2n) is 7.61. The van der Waals surface area contributed by atoms with Crippen LogP contribution in [0.2, 0.25) is 0 Å². The first-order valence-electron chi connectivity index (χ1n) is 9.90. The van der Waals surface area contributed by atoms with Gasteiger partial charge in [0.25, 0.3) is 0 Å². The van der Waals surface area contributed by atoms with Crippen LogP contribution in [0.3, 0.4) is 0 Å². The van der Waals surface area contributed by atoms with Gasteiger partial charge in [0, 0.05) is 37.0 Å². The SMILES string of the molecule is Cc1nn(C)cc1C1CCCN1Cc1ccc(Oc2ccc(C(N)=O)cc2)cc1. The lowest BCUT2D eigenvalue weighted by Gasteiger charge is -2.24. The zero-order chi connectivity index (χ0) is 20.4. The molecule has 3 aromatic rings. The molecular weight excluding hydrogens is 364 g/mol. The summed E-state index contributed by atoms with van der Waals surface area (Å²) in [6.07, 6.45) is 4.54. The maximum atomic E-state index is 11.2. The number of likely N-dealkylation sites (tertiary alicyclic amines) is 1. The predicted octanol–water partition coefficient (Wildman–Crippen LogP) is 3.96. The Hall–Kier alpha value is -3.12. The smallest absolute Gasteiger partial charge is 0.248 e. The number of ether oxygens (including phenoxy) is 1. The molecule has 0 bridgehead atoms. The average molecular weight is 390 g/mol. The minimum absolute atomic E-state index is 0.434. The Kier molecular flexibility index (Phi) is 5.36. The molecule has 1 aliphatic rings. The van der Waals surface area contributed by atoms with Gasteiger partial charge in [-0.1, -0.05) is 12.1 Å². The first-order chi connectivity index (χ1) is 14.0. The standard InChI is InChI=1S/C23H26N4O2/c1-16-21(15-26(2)25-16)22-4-3-13-27(22)14-17-5-9-19(10-6-17)29-20-11-7-18(8-12-20)23(24)28/h5-12,15,22H,3-4,13-14H2,1-2H3,(H2,24,28). The van der Waals surface area contributed by atoms with E-state index in [9.17, 15) is 4.79 Å². The summed E-state index contributed by atoms with van der Waals surface area (Å²) in [5, 5.41) is 4.51. The quantitative estimate of drug-likeness (QED) is 0.691. The molecule has 6 heteroatoms. The van der Waals surface area contributed by atoms with Crippen molar-refractivity contribution in [1.82, 2.24) is 14.7 Å². The largest absolute Gasteiger partial charge is 0.457 e. The van der Waals surface area contributed by atoms with Gasteiger partial charge in [0.1, 0.15) is 11.5 Å². The number of carbonyl (C=O) groups excluding carboxylic acids is 1. The third-order valence-corrected chi connectivity index (χ3v) is 5.46. The Morgan fingerprint density at radius 2 is 1.79 bits per heavy atom. The van der Waals surface area contributed by atoms with Gasteiger partial charge in [0.05, 0.1) is 5.69 Å². The minimum atomic E-state index is -0.442. The Bertz CT molecular complexity index is 993. The summed E-state index contributed by atoms with van der Waals surface area (Å²) in [6, 6.07) is 15.5. The fraction of sp³-hybridized carbons (Fsp3) is 0.304. The summed E-state index contributed by atoms with van der Waals surface area (Å²) in [5.41, 5.74) is 9.45. The number of rotatable bonds is 6. The highest BCUT2D eigenvalue weighted by Gasteiger charge is 2.28. The van der Waals surface area contributed by atoms with E-state index in [-0.39, 0.29) is 0 Å². The molecule has 1 amide bonds. The molecule has 1 aromatic heterocycles. The van der Waals surface area contributed by atoms with Crippen LogP contribution in [-0.4, -0.2) is 27.1 Å². The second kappa shape index (κ2) is 8.09. The molecule has 1 unspecified atom stereocenters. The third kappa shape index (κ3) is 4.32. The van der Waals surface area contributed by atoms with Crippen molar-refractivity contribution in [1.29, 1.82) is 0 Å². The molecule has 2 aromatic carbocycles.